The molecule has 0 unspecified atom stereocenters. The van der Waals surface area contributed by atoms with Crippen molar-refractivity contribution in [1.29, 1.82) is 0 Å². The fourth-order valence-electron chi connectivity index (χ4n) is 5.55. The molecular formula is C42H24O. The number of rotatable bonds is 2. The van der Waals surface area contributed by atoms with E-state index < -0.39 is 217 Å². The van der Waals surface area contributed by atoms with E-state index in [1.54, 1.807) is 0 Å². The van der Waals surface area contributed by atoms with Gasteiger partial charge in [0.05, 0.1) is 32.9 Å². The van der Waals surface area contributed by atoms with Gasteiger partial charge in [-0.3, -0.25) is 0 Å². The molecule has 0 radical (unpaired) electrons. The number of hydrogen-bond donors (Lipinski definition) is 0. The van der Waals surface area contributed by atoms with Crippen molar-refractivity contribution in [3.63, 3.8) is 0 Å². The maximum absolute atomic E-state index is 9.83. The van der Waals surface area contributed by atoms with Crippen LogP contribution in [0.15, 0.2) is 145 Å². The van der Waals surface area contributed by atoms with Crippen molar-refractivity contribution in [2.45, 2.75) is 0 Å². The molecule has 1 heterocycles. The van der Waals surface area contributed by atoms with Crippen LogP contribution < -0.4 is 4.74 Å². The Kier molecular flexibility index (Phi) is 1.96. The fraction of sp³-hybridized carbons (Fsp3) is 0. The maximum atomic E-state index is 9.83. The van der Waals surface area contributed by atoms with Gasteiger partial charge < -0.3 is 4.74 Å². The summed E-state index contributed by atoms with van der Waals surface area (Å²) in [7, 11) is 0. The van der Waals surface area contributed by atoms with Gasteiger partial charge in [0.25, 0.3) is 0 Å². The molecule has 0 saturated carbocycles. The van der Waals surface area contributed by atoms with Crippen LogP contribution in [0.1, 0.15) is 32.9 Å². The summed E-state index contributed by atoms with van der Waals surface area (Å²) in [5, 5.41) is -4.21. The lowest BCUT2D eigenvalue weighted by molar-refractivity contribution is 0.487. The lowest BCUT2D eigenvalue weighted by Gasteiger charge is -2.22. The van der Waals surface area contributed by atoms with Gasteiger partial charge in [0.2, 0.25) is 0 Å². The van der Waals surface area contributed by atoms with Gasteiger partial charge >= 0.3 is 0 Å². The van der Waals surface area contributed by atoms with Crippen molar-refractivity contribution < 1.29 is 37.6 Å². The minimum atomic E-state index is -0.941. The van der Waals surface area contributed by atoms with Gasteiger partial charge in [0, 0.05) is 10.9 Å². The van der Waals surface area contributed by atoms with E-state index >= 15 is 0 Å². The van der Waals surface area contributed by atoms with Gasteiger partial charge in [-0.25, -0.2) is 0 Å². The van der Waals surface area contributed by atoms with Crippen LogP contribution in [0.2, 0.25) is 0 Å². The third-order valence-electron chi connectivity index (χ3n) is 7.45. The van der Waals surface area contributed by atoms with E-state index in [0.29, 0.717) is 0 Å². The number of hydrogen-bond acceptors (Lipinski definition) is 1. The number of benzene rings is 9. The van der Waals surface area contributed by atoms with Crippen molar-refractivity contribution in [3.05, 3.63) is 145 Å². The molecular weight excluding hydrogens is 520 g/mol. The third-order valence-corrected chi connectivity index (χ3v) is 7.45. The number of ether oxygens (including phenoxy) is 1. The first-order chi connectivity index (χ1) is 31.3. The molecule has 1 nitrogen and oxygen atoms in total. The Morgan fingerprint density at radius 2 is 0.930 bits per heavy atom. The number of fused-ring (bicyclic) bond motifs is 3. The van der Waals surface area contributed by atoms with Crippen LogP contribution >= 0.6 is 0 Å². The summed E-state index contributed by atoms with van der Waals surface area (Å²) in [6.07, 6.45) is 0. The average Bonchev–Trinajstić information content (AvgIpc) is 3.29. The van der Waals surface area contributed by atoms with Gasteiger partial charge in [0.1, 0.15) is 11.5 Å². The molecule has 0 saturated heterocycles. The standard InChI is InChI=1S/C42H24O/c1-6-27-14-15-29-17-20-33(35-21-18-28(7-1)40(27)42(29)35)30-16-13-25-5-2-10-32(36(25)23-30)31-19-22-38-37(24-31)34-11-3-8-26-9-4-12-39(43-38)41(26)34/h1-24H/i1D,2D,3D,4D,5D,6D,7D,8D,9D,10D,11D,12D,13D,14D,15D,16D,17D,18D,19D,20D,21D,22D,23D,24D. The van der Waals surface area contributed by atoms with Gasteiger partial charge in [-0.2, -0.15) is 0 Å². The van der Waals surface area contributed by atoms with Crippen LogP contribution in [0.5, 0.6) is 11.5 Å². The van der Waals surface area contributed by atoms with Crippen molar-refractivity contribution in [2.24, 2.45) is 0 Å². The Balaban J connectivity index is 1.42. The molecule has 1 aliphatic heterocycles. The summed E-state index contributed by atoms with van der Waals surface area (Å²) >= 11 is 0. The van der Waals surface area contributed by atoms with Gasteiger partial charge in [-0.1, -0.05) is 121 Å². The Hall–Kier alpha value is -5.66. The molecule has 0 amide bonds. The summed E-state index contributed by atoms with van der Waals surface area (Å²) in [5.74, 6) is -1.12. The van der Waals surface area contributed by atoms with Gasteiger partial charge in [-0.05, 0) is 100 Å². The Morgan fingerprint density at radius 3 is 1.79 bits per heavy atom. The zero-order chi connectivity index (χ0) is 49.0. The molecule has 0 atom stereocenters. The fourth-order valence-corrected chi connectivity index (χ4v) is 5.55. The zero-order valence-corrected chi connectivity index (χ0v) is 21.4. The first-order valence-corrected chi connectivity index (χ1v) is 12.9. The second kappa shape index (κ2) is 8.44. The van der Waals surface area contributed by atoms with E-state index in [1.165, 1.54) is 0 Å². The largest absolute Gasteiger partial charge is 0.456 e. The van der Waals surface area contributed by atoms with Crippen LogP contribution in [0.3, 0.4) is 0 Å². The Morgan fingerprint density at radius 1 is 0.349 bits per heavy atom. The SMILES string of the molecule is [2H]c1c([2H])c(-c2c([2H])c([2H])c([2H])c3c([2H])c([2H])c(-c4c([2H])c([2H])c5c([2H])c([2H])c6c([2H])c([2H])c([2H])c7c([2H])c([2H])c4c5c67)c([2H])c23)c([2H])c2c1Oc1c([2H])c([2H])c([2H])c3c([2H])c([2H])c([2H])c-2c13. The second-order valence-corrected chi connectivity index (χ2v) is 9.76. The lowest BCUT2D eigenvalue weighted by Crippen LogP contribution is -1.97. The first kappa shape index (κ1) is 9.97. The Bertz CT molecular complexity index is 3900. The molecule has 0 aromatic heterocycles. The smallest absolute Gasteiger partial charge is 0.135 e. The Labute approximate surface area is 282 Å². The van der Waals surface area contributed by atoms with Crippen molar-refractivity contribution in [2.75, 3.05) is 0 Å². The second-order valence-electron chi connectivity index (χ2n) is 9.76. The highest BCUT2D eigenvalue weighted by Gasteiger charge is 2.21. The molecule has 0 bridgehead atoms. The summed E-state index contributed by atoms with van der Waals surface area (Å²) in [6, 6.07) is -19.1. The summed E-state index contributed by atoms with van der Waals surface area (Å²) < 4.78 is 222. The first-order valence-electron chi connectivity index (χ1n) is 24.9. The molecule has 10 rings (SSSR count). The van der Waals surface area contributed by atoms with Crippen molar-refractivity contribution >= 4 is 53.9 Å². The van der Waals surface area contributed by atoms with E-state index in [4.69, 9.17) is 23.9 Å². The predicted molar refractivity (Wildman–Crippen MR) is 182 cm³/mol. The van der Waals surface area contributed by atoms with Crippen LogP contribution in [-0.2, 0) is 0 Å². The van der Waals surface area contributed by atoms with E-state index in [2.05, 4.69) is 0 Å². The van der Waals surface area contributed by atoms with Crippen molar-refractivity contribution in [3.8, 4) is 44.9 Å². The van der Waals surface area contributed by atoms with Crippen LogP contribution in [0.4, 0.5) is 0 Å². The molecule has 43 heavy (non-hydrogen) atoms. The van der Waals surface area contributed by atoms with E-state index in [1.807, 2.05) is 0 Å². The third kappa shape index (κ3) is 3.22. The highest BCUT2D eigenvalue weighted by atomic mass is 16.5. The molecule has 198 valence electrons. The topological polar surface area (TPSA) is 9.23 Å². The van der Waals surface area contributed by atoms with Crippen LogP contribution in [0.25, 0.3) is 87.2 Å². The molecule has 0 N–H and O–H groups in total. The van der Waals surface area contributed by atoms with Gasteiger partial charge in [0.15, 0.2) is 0 Å². The highest BCUT2D eigenvalue weighted by molar-refractivity contribution is 6.25. The van der Waals surface area contributed by atoms with E-state index in [0.717, 1.165) is 0 Å². The van der Waals surface area contributed by atoms with Crippen LogP contribution in [0, 0.1) is 0 Å². The molecule has 9 aromatic carbocycles. The summed E-state index contributed by atoms with van der Waals surface area (Å²) in [5.41, 5.74) is -3.71. The normalized spacial score (nSPS) is 20.2. The van der Waals surface area contributed by atoms with E-state index in [9.17, 15) is 13.7 Å². The zero-order valence-electron chi connectivity index (χ0n) is 45.4. The minimum Gasteiger partial charge on any atom is -0.456 e. The molecule has 0 spiro atoms. The van der Waals surface area contributed by atoms with Gasteiger partial charge in [-0.15, -0.1) is 0 Å². The highest BCUT2D eigenvalue weighted by Crippen LogP contribution is 2.48. The van der Waals surface area contributed by atoms with E-state index in [-0.39, 0.29) is 26.9 Å². The lowest BCUT2D eigenvalue weighted by atomic mass is 9.88. The van der Waals surface area contributed by atoms with Crippen molar-refractivity contribution in [1.82, 2.24) is 0 Å². The monoisotopic (exact) mass is 568 g/mol. The maximum Gasteiger partial charge on any atom is 0.135 e. The summed E-state index contributed by atoms with van der Waals surface area (Å²) in [4.78, 5) is 0. The quantitative estimate of drug-likeness (QED) is 0.188. The average molecular weight is 569 g/mol. The molecule has 0 fully saturated rings. The predicted octanol–water partition coefficient (Wildman–Crippen LogP) is 12.0. The molecule has 1 heteroatoms. The van der Waals surface area contributed by atoms with Crippen LogP contribution in [-0.4, -0.2) is 0 Å². The molecule has 9 aromatic rings. The molecule has 1 aliphatic rings. The minimum absolute atomic E-state index is 0.246. The molecule has 0 aliphatic carbocycles. The summed E-state index contributed by atoms with van der Waals surface area (Å²) in [6.45, 7) is 0.